The molecule has 0 aliphatic carbocycles. The second kappa shape index (κ2) is 6.69. The standard InChI is InChI=1S/C15H18N4OS/c20-15(17-14-16-6-11-21-14)19-9-7-18(8-10-19)12-13-4-2-1-3-5-13/h1-6,11H,7-10,12H2,(H,16,17,20). The number of anilines is 1. The van der Waals surface area contributed by atoms with Crippen LogP contribution in [-0.4, -0.2) is 47.0 Å². The van der Waals surface area contributed by atoms with Gasteiger partial charge in [0.1, 0.15) is 0 Å². The molecule has 21 heavy (non-hydrogen) atoms. The minimum Gasteiger partial charge on any atom is -0.322 e. The Bertz CT molecular complexity index is 565. The lowest BCUT2D eigenvalue weighted by Gasteiger charge is -2.34. The Labute approximate surface area is 128 Å². The Hall–Kier alpha value is -1.92. The number of aromatic nitrogens is 1. The Balaban J connectivity index is 1.47. The molecule has 0 unspecified atom stereocenters. The van der Waals surface area contributed by atoms with Crippen LogP contribution in [0.2, 0.25) is 0 Å². The van der Waals surface area contributed by atoms with Gasteiger partial charge in [-0.3, -0.25) is 10.2 Å². The maximum atomic E-state index is 12.1. The average molecular weight is 302 g/mol. The Morgan fingerprint density at radius 2 is 1.95 bits per heavy atom. The van der Waals surface area contributed by atoms with E-state index in [1.54, 1.807) is 6.20 Å². The van der Waals surface area contributed by atoms with E-state index in [1.807, 2.05) is 16.3 Å². The smallest absolute Gasteiger partial charge is 0.322 e. The molecule has 1 aliphatic heterocycles. The minimum atomic E-state index is -0.0516. The molecule has 1 fully saturated rings. The van der Waals surface area contributed by atoms with E-state index in [0.717, 1.165) is 32.7 Å². The molecule has 0 atom stereocenters. The molecular formula is C15H18N4OS. The number of carbonyl (C=O) groups is 1. The lowest BCUT2D eigenvalue weighted by molar-refractivity contribution is 0.143. The second-order valence-electron chi connectivity index (χ2n) is 5.02. The van der Waals surface area contributed by atoms with Crippen molar-refractivity contribution < 1.29 is 4.79 Å². The summed E-state index contributed by atoms with van der Waals surface area (Å²) in [4.78, 5) is 20.4. The molecule has 0 spiro atoms. The van der Waals surface area contributed by atoms with E-state index in [2.05, 4.69) is 39.5 Å². The summed E-state index contributed by atoms with van der Waals surface area (Å²) < 4.78 is 0. The van der Waals surface area contributed by atoms with Crippen molar-refractivity contribution >= 4 is 22.5 Å². The van der Waals surface area contributed by atoms with E-state index in [4.69, 9.17) is 0 Å². The number of piperazine rings is 1. The number of hydrogen-bond acceptors (Lipinski definition) is 4. The number of urea groups is 1. The maximum Gasteiger partial charge on any atom is 0.323 e. The van der Waals surface area contributed by atoms with E-state index in [9.17, 15) is 4.79 Å². The number of carbonyl (C=O) groups excluding carboxylic acids is 1. The van der Waals surface area contributed by atoms with Crippen molar-refractivity contribution in [1.82, 2.24) is 14.8 Å². The highest BCUT2D eigenvalue weighted by atomic mass is 32.1. The molecule has 1 N–H and O–H groups in total. The van der Waals surface area contributed by atoms with Gasteiger partial charge in [-0.1, -0.05) is 30.3 Å². The third kappa shape index (κ3) is 3.80. The molecule has 0 radical (unpaired) electrons. The fraction of sp³-hybridized carbons (Fsp3) is 0.333. The van der Waals surface area contributed by atoms with E-state index >= 15 is 0 Å². The van der Waals surface area contributed by atoms with Gasteiger partial charge < -0.3 is 4.90 Å². The molecule has 0 bridgehead atoms. The van der Waals surface area contributed by atoms with Gasteiger partial charge in [0.05, 0.1) is 0 Å². The third-order valence-corrected chi connectivity index (χ3v) is 4.24. The van der Waals surface area contributed by atoms with Gasteiger partial charge in [-0.05, 0) is 5.56 Å². The van der Waals surface area contributed by atoms with Gasteiger partial charge in [0.25, 0.3) is 0 Å². The van der Waals surface area contributed by atoms with Crippen LogP contribution < -0.4 is 5.32 Å². The van der Waals surface area contributed by atoms with Crippen LogP contribution in [0, 0.1) is 0 Å². The lowest BCUT2D eigenvalue weighted by Crippen LogP contribution is -2.49. The van der Waals surface area contributed by atoms with E-state index in [1.165, 1.54) is 16.9 Å². The molecular weight excluding hydrogens is 284 g/mol. The van der Waals surface area contributed by atoms with Gasteiger partial charge in [0.15, 0.2) is 5.13 Å². The molecule has 2 aromatic rings. The Morgan fingerprint density at radius 3 is 2.62 bits per heavy atom. The quantitative estimate of drug-likeness (QED) is 0.947. The summed E-state index contributed by atoms with van der Waals surface area (Å²) >= 11 is 1.44. The minimum absolute atomic E-state index is 0.0516. The summed E-state index contributed by atoms with van der Waals surface area (Å²) in [5.41, 5.74) is 1.32. The van der Waals surface area contributed by atoms with Gasteiger partial charge in [-0.15, -0.1) is 11.3 Å². The molecule has 2 heterocycles. The van der Waals surface area contributed by atoms with Crippen LogP contribution in [0.1, 0.15) is 5.56 Å². The predicted octanol–water partition coefficient (Wildman–Crippen LogP) is 2.49. The van der Waals surface area contributed by atoms with Crippen molar-refractivity contribution in [1.29, 1.82) is 0 Å². The van der Waals surface area contributed by atoms with Crippen molar-refractivity contribution in [3.63, 3.8) is 0 Å². The SMILES string of the molecule is O=C(Nc1nccs1)N1CCN(Cc2ccccc2)CC1. The normalized spacial score (nSPS) is 15.9. The molecule has 5 nitrogen and oxygen atoms in total. The zero-order valence-corrected chi connectivity index (χ0v) is 12.6. The van der Waals surface area contributed by atoms with Gasteiger partial charge in [-0.25, -0.2) is 9.78 Å². The summed E-state index contributed by atoms with van der Waals surface area (Å²) in [6.45, 7) is 4.26. The van der Waals surface area contributed by atoms with Crippen molar-refractivity contribution in [2.75, 3.05) is 31.5 Å². The summed E-state index contributed by atoms with van der Waals surface area (Å²) in [5.74, 6) is 0. The van der Waals surface area contributed by atoms with Crippen LogP contribution in [0.25, 0.3) is 0 Å². The molecule has 110 valence electrons. The number of nitrogens with one attached hydrogen (secondary N) is 1. The number of rotatable bonds is 3. The first-order chi connectivity index (χ1) is 10.3. The van der Waals surface area contributed by atoms with E-state index in [0.29, 0.717) is 5.13 Å². The van der Waals surface area contributed by atoms with Crippen LogP contribution in [0.3, 0.4) is 0 Å². The fourth-order valence-electron chi connectivity index (χ4n) is 2.41. The maximum absolute atomic E-state index is 12.1. The molecule has 1 aliphatic rings. The van der Waals surface area contributed by atoms with E-state index < -0.39 is 0 Å². The van der Waals surface area contributed by atoms with Gasteiger partial charge in [0.2, 0.25) is 0 Å². The van der Waals surface area contributed by atoms with Gasteiger partial charge in [-0.2, -0.15) is 0 Å². The molecule has 6 heteroatoms. The van der Waals surface area contributed by atoms with Crippen LogP contribution >= 0.6 is 11.3 Å². The number of nitrogens with zero attached hydrogens (tertiary/aromatic N) is 3. The van der Waals surface area contributed by atoms with E-state index in [-0.39, 0.29) is 6.03 Å². The monoisotopic (exact) mass is 302 g/mol. The fourth-order valence-corrected chi connectivity index (χ4v) is 2.92. The number of hydrogen-bond donors (Lipinski definition) is 1. The highest BCUT2D eigenvalue weighted by Gasteiger charge is 2.21. The van der Waals surface area contributed by atoms with Crippen molar-refractivity contribution in [3.05, 3.63) is 47.5 Å². The number of amides is 2. The summed E-state index contributed by atoms with van der Waals surface area (Å²) in [5, 5.41) is 5.35. The zero-order chi connectivity index (χ0) is 14.5. The second-order valence-corrected chi connectivity index (χ2v) is 5.91. The molecule has 3 rings (SSSR count). The van der Waals surface area contributed by atoms with Crippen LogP contribution in [0.4, 0.5) is 9.93 Å². The van der Waals surface area contributed by atoms with Gasteiger partial charge in [0, 0.05) is 44.3 Å². The first kappa shape index (κ1) is 14.0. The number of benzene rings is 1. The van der Waals surface area contributed by atoms with Crippen LogP contribution in [0.5, 0.6) is 0 Å². The van der Waals surface area contributed by atoms with Crippen molar-refractivity contribution in [2.24, 2.45) is 0 Å². The Morgan fingerprint density at radius 1 is 1.19 bits per heavy atom. The predicted molar refractivity (Wildman–Crippen MR) is 84.4 cm³/mol. The highest BCUT2D eigenvalue weighted by molar-refractivity contribution is 7.13. The van der Waals surface area contributed by atoms with Crippen LogP contribution in [0.15, 0.2) is 41.9 Å². The first-order valence-electron chi connectivity index (χ1n) is 7.03. The summed E-state index contributed by atoms with van der Waals surface area (Å²) in [6, 6.07) is 10.4. The molecule has 0 saturated carbocycles. The third-order valence-electron chi connectivity index (χ3n) is 3.55. The Kier molecular flexibility index (Phi) is 4.47. The first-order valence-corrected chi connectivity index (χ1v) is 7.91. The largest absolute Gasteiger partial charge is 0.323 e. The van der Waals surface area contributed by atoms with Crippen LogP contribution in [-0.2, 0) is 6.54 Å². The average Bonchev–Trinajstić information content (AvgIpc) is 3.02. The van der Waals surface area contributed by atoms with Gasteiger partial charge >= 0.3 is 6.03 Å². The zero-order valence-electron chi connectivity index (χ0n) is 11.7. The molecule has 1 aromatic heterocycles. The lowest BCUT2D eigenvalue weighted by atomic mass is 10.2. The molecule has 1 aromatic carbocycles. The molecule has 1 saturated heterocycles. The summed E-state index contributed by atoms with van der Waals surface area (Å²) in [6.07, 6.45) is 1.69. The molecule has 2 amide bonds. The highest BCUT2D eigenvalue weighted by Crippen LogP contribution is 2.13. The van der Waals surface area contributed by atoms with Crippen molar-refractivity contribution in [3.8, 4) is 0 Å². The van der Waals surface area contributed by atoms with Crippen molar-refractivity contribution in [2.45, 2.75) is 6.54 Å². The topological polar surface area (TPSA) is 48.5 Å². The number of thiazole rings is 1. The summed E-state index contributed by atoms with van der Waals surface area (Å²) in [7, 11) is 0.